The Balaban J connectivity index is 3.60. The van der Waals surface area contributed by atoms with Crippen molar-refractivity contribution in [2.45, 2.75) is 51.0 Å². The van der Waals surface area contributed by atoms with Crippen LogP contribution in [0.4, 0.5) is 13.2 Å². The summed E-state index contributed by atoms with van der Waals surface area (Å²) in [5, 5.41) is 0. The van der Waals surface area contributed by atoms with Gasteiger partial charge < -0.3 is 0 Å². The van der Waals surface area contributed by atoms with Crippen LogP contribution in [0.3, 0.4) is 0 Å². The van der Waals surface area contributed by atoms with Crippen LogP contribution in [-0.4, -0.2) is 20.5 Å². The van der Waals surface area contributed by atoms with Crippen LogP contribution in [0, 0.1) is 0 Å². The van der Waals surface area contributed by atoms with E-state index in [1.54, 1.807) is 0 Å². The van der Waals surface area contributed by atoms with E-state index in [0.717, 1.165) is 32.1 Å². The van der Waals surface area contributed by atoms with E-state index in [9.17, 15) is 21.6 Å². The molecule has 0 saturated heterocycles. The summed E-state index contributed by atoms with van der Waals surface area (Å²) in [5.74, 6) is 0. The number of alkyl halides is 3. The van der Waals surface area contributed by atoms with Crippen molar-refractivity contribution >= 4 is 10.0 Å². The molecule has 0 spiro atoms. The van der Waals surface area contributed by atoms with Crippen molar-refractivity contribution in [3.05, 3.63) is 0 Å². The number of hydrogen-bond acceptors (Lipinski definition) is 2. The fraction of sp³-hybridized carbons (Fsp3) is 1.00. The number of rotatable bonds is 8. The quantitative estimate of drug-likeness (QED) is 0.683. The van der Waals surface area contributed by atoms with Crippen LogP contribution in [-0.2, 0) is 10.0 Å². The van der Waals surface area contributed by atoms with Crippen LogP contribution >= 0.6 is 0 Å². The van der Waals surface area contributed by atoms with Gasteiger partial charge in [-0.25, -0.2) is 13.1 Å². The van der Waals surface area contributed by atoms with Crippen LogP contribution in [0.2, 0.25) is 0 Å². The lowest BCUT2D eigenvalue weighted by molar-refractivity contribution is -0.0447. The highest BCUT2D eigenvalue weighted by Gasteiger charge is 2.45. The minimum absolute atomic E-state index is 0.145. The predicted octanol–water partition coefficient (Wildman–Crippen LogP) is 2.79. The van der Waals surface area contributed by atoms with Gasteiger partial charge in [-0.2, -0.15) is 13.2 Å². The average molecular weight is 261 g/mol. The molecule has 1 N–H and O–H groups in total. The van der Waals surface area contributed by atoms with E-state index >= 15 is 0 Å². The zero-order chi connectivity index (χ0) is 12.7. The molecule has 7 heteroatoms. The van der Waals surface area contributed by atoms with E-state index < -0.39 is 15.5 Å². The molecular weight excluding hydrogens is 243 g/mol. The highest BCUT2D eigenvalue weighted by Crippen LogP contribution is 2.21. The number of hydrogen-bond donors (Lipinski definition) is 1. The van der Waals surface area contributed by atoms with E-state index in [1.807, 2.05) is 0 Å². The number of sulfonamides is 1. The lowest BCUT2D eigenvalue weighted by Crippen LogP contribution is -2.36. The summed E-state index contributed by atoms with van der Waals surface area (Å²) >= 11 is 0. The first-order chi connectivity index (χ1) is 7.31. The zero-order valence-corrected chi connectivity index (χ0v) is 10.1. The summed E-state index contributed by atoms with van der Waals surface area (Å²) in [4.78, 5) is 0. The van der Waals surface area contributed by atoms with Crippen LogP contribution in [0.5, 0.6) is 0 Å². The summed E-state index contributed by atoms with van der Waals surface area (Å²) in [6, 6.07) is 0. The maximum atomic E-state index is 11.9. The van der Waals surface area contributed by atoms with Crippen LogP contribution < -0.4 is 4.72 Å². The molecule has 0 unspecified atom stereocenters. The number of unbranched alkanes of at least 4 members (excludes halogenated alkanes) is 5. The molecule has 0 aliphatic carbocycles. The molecule has 0 aliphatic rings. The second kappa shape index (κ2) is 7.11. The normalized spacial score (nSPS) is 13.0. The van der Waals surface area contributed by atoms with E-state index in [-0.39, 0.29) is 6.54 Å². The largest absolute Gasteiger partial charge is 0.511 e. The van der Waals surface area contributed by atoms with Crippen molar-refractivity contribution in [1.82, 2.24) is 4.72 Å². The van der Waals surface area contributed by atoms with E-state index in [0.29, 0.717) is 6.42 Å². The molecule has 98 valence electrons. The third-order valence-electron chi connectivity index (χ3n) is 2.13. The van der Waals surface area contributed by atoms with Gasteiger partial charge in [0, 0.05) is 6.54 Å². The second-order valence-corrected chi connectivity index (χ2v) is 5.37. The smallest absolute Gasteiger partial charge is 0.207 e. The lowest BCUT2D eigenvalue weighted by atomic mass is 10.1. The minimum Gasteiger partial charge on any atom is -0.207 e. The maximum absolute atomic E-state index is 11.9. The first-order valence-corrected chi connectivity index (χ1v) is 6.85. The fourth-order valence-electron chi connectivity index (χ4n) is 1.19. The van der Waals surface area contributed by atoms with E-state index in [4.69, 9.17) is 0 Å². The van der Waals surface area contributed by atoms with Crippen molar-refractivity contribution in [1.29, 1.82) is 0 Å². The van der Waals surface area contributed by atoms with Gasteiger partial charge in [0.1, 0.15) is 0 Å². The third-order valence-corrected chi connectivity index (χ3v) is 3.32. The van der Waals surface area contributed by atoms with Gasteiger partial charge in [-0.05, 0) is 6.42 Å². The lowest BCUT2D eigenvalue weighted by Gasteiger charge is -2.08. The Morgan fingerprint density at radius 1 is 1.00 bits per heavy atom. The van der Waals surface area contributed by atoms with E-state index in [2.05, 4.69) is 6.92 Å². The number of nitrogens with one attached hydrogen (secondary N) is 1. The summed E-state index contributed by atoms with van der Waals surface area (Å²) in [6.45, 7) is 1.92. The second-order valence-electron chi connectivity index (χ2n) is 3.61. The Hall–Kier alpha value is -0.300. The molecule has 0 bridgehead atoms. The zero-order valence-electron chi connectivity index (χ0n) is 9.31. The van der Waals surface area contributed by atoms with Gasteiger partial charge in [0.25, 0.3) is 0 Å². The molecule has 0 fully saturated rings. The van der Waals surface area contributed by atoms with Crippen molar-refractivity contribution in [2.75, 3.05) is 6.54 Å². The Morgan fingerprint density at radius 3 is 2.00 bits per heavy atom. The summed E-state index contributed by atoms with van der Waals surface area (Å²) in [6.07, 6.45) is 5.37. The maximum Gasteiger partial charge on any atom is 0.511 e. The SMILES string of the molecule is CCCCCCCCNS(=O)(=O)C(F)(F)F. The summed E-state index contributed by atoms with van der Waals surface area (Å²) in [7, 11) is -5.15. The highest BCUT2D eigenvalue weighted by molar-refractivity contribution is 7.90. The third kappa shape index (κ3) is 6.32. The molecule has 0 radical (unpaired) electrons. The van der Waals surface area contributed by atoms with Crippen molar-refractivity contribution in [2.24, 2.45) is 0 Å². The molecule has 0 aromatic heterocycles. The summed E-state index contributed by atoms with van der Waals surface area (Å²) < 4.78 is 58.2. The predicted molar refractivity (Wildman–Crippen MR) is 56.4 cm³/mol. The van der Waals surface area contributed by atoms with Gasteiger partial charge >= 0.3 is 15.5 Å². The fourth-order valence-corrected chi connectivity index (χ4v) is 1.77. The molecule has 0 atom stereocenters. The van der Waals surface area contributed by atoms with Crippen molar-refractivity contribution in [3.8, 4) is 0 Å². The standard InChI is InChI=1S/C9H18F3NO2S/c1-2-3-4-5-6-7-8-13-16(14,15)9(10,11)12/h13H,2-8H2,1H3. The van der Waals surface area contributed by atoms with Gasteiger partial charge in [0.2, 0.25) is 0 Å². The van der Waals surface area contributed by atoms with Gasteiger partial charge in [0.15, 0.2) is 0 Å². The van der Waals surface area contributed by atoms with Gasteiger partial charge in [-0.3, -0.25) is 0 Å². The summed E-state index contributed by atoms with van der Waals surface area (Å²) in [5.41, 5.74) is -5.20. The van der Waals surface area contributed by atoms with Crippen LogP contribution in [0.25, 0.3) is 0 Å². The molecule has 0 rings (SSSR count). The first kappa shape index (κ1) is 15.7. The molecule has 0 aromatic carbocycles. The Bertz CT molecular complexity index is 275. The highest BCUT2D eigenvalue weighted by atomic mass is 32.2. The molecule has 0 saturated carbocycles. The molecule has 0 aliphatic heterocycles. The van der Waals surface area contributed by atoms with Gasteiger partial charge in [0.05, 0.1) is 0 Å². The molecule has 0 heterocycles. The minimum atomic E-state index is -5.20. The van der Waals surface area contributed by atoms with Gasteiger partial charge in [-0.15, -0.1) is 0 Å². The Morgan fingerprint density at radius 2 is 1.50 bits per heavy atom. The monoisotopic (exact) mass is 261 g/mol. The molecule has 3 nitrogen and oxygen atoms in total. The topological polar surface area (TPSA) is 46.2 Å². The molecule has 0 aromatic rings. The molecular formula is C9H18F3NO2S. The van der Waals surface area contributed by atoms with E-state index in [1.165, 1.54) is 4.72 Å². The molecule has 0 amide bonds. The van der Waals surface area contributed by atoms with Crippen LogP contribution in [0.15, 0.2) is 0 Å². The number of halogens is 3. The molecule has 16 heavy (non-hydrogen) atoms. The van der Waals surface area contributed by atoms with Crippen molar-refractivity contribution < 1.29 is 21.6 Å². The van der Waals surface area contributed by atoms with Crippen molar-refractivity contribution in [3.63, 3.8) is 0 Å². The van der Waals surface area contributed by atoms with Gasteiger partial charge in [-0.1, -0.05) is 39.0 Å². The first-order valence-electron chi connectivity index (χ1n) is 5.37. The Labute approximate surface area is 94.5 Å². The Kier molecular flexibility index (Phi) is 6.98. The average Bonchev–Trinajstić information content (AvgIpc) is 2.14. The van der Waals surface area contributed by atoms with Crippen LogP contribution in [0.1, 0.15) is 45.4 Å².